The van der Waals surface area contributed by atoms with Crippen molar-refractivity contribution in [3.63, 3.8) is 0 Å². The molecule has 0 spiro atoms. The number of nitrogens with zero attached hydrogens (tertiary/aromatic N) is 3. The van der Waals surface area contributed by atoms with E-state index in [1.165, 1.54) is 17.4 Å². The van der Waals surface area contributed by atoms with Crippen LogP contribution in [0.25, 0.3) is 0 Å². The molecule has 0 unspecified atom stereocenters. The predicted molar refractivity (Wildman–Crippen MR) is 82.2 cm³/mol. The normalized spacial score (nSPS) is 31.4. The maximum absolute atomic E-state index is 10.0. The number of nitrogen functional groups attached to an aromatic ring is 1. The third-order valence-corrected chi connectivity index (χ3v) is 3.93. The van der Waals surface area contributed by atoms with E-state index in [1.807, 2.05) is 0 Å². The first-order chi connectivity index (χ1) is 10.9. The molecule has 128 valence electrons. The second kappa shape index (κ2) is 7.20. The number of nitrogens with two attached hydrogens (primary N) is 1. The molecule has 1 aromatic rings. The van der Waals surface area contributed by atoms with Crippen LogP contribution < -0.4 is 10.6 Å². The summed E-state index contributed by atoms with van der Waals surface area (Å²) < 4.78 is 5.65. The number of hydrogen-bond donors (Lipinski definition) is 5. The molecule has 0 aromatic carbocycles. The lowest BCUT2D eigenvalue weighted by Crippen LogP contribution is -2.44. The molecule has 0 saturated carbocycles. The van der Waals surface area contributed by atoms with Gasteiger partial charge in [-0.2, -0.15) is 0 Å². The fourth-order valence-electron chi connectivity index (χ4n) is 2.52. The molecule has 0 radical (unpaired) electrons. The Balaban J connectivity index is 2.36. The van der Waals surface area contributed by atoms with E-state index < -0.39 is 37.3 Å². The molecule has 1 saturated heterocycles. The first kappa shape index (κ1) is 17.6. The van der Waals surface area contributed by atoms with Gasteiger partial charge in [0, 0.05) is 18.2 Å². The minimum atomic E-state index is -1.43. The summed E-state index contributed by atoms with van der Waals surface area (Å²) >= 11 is 0. The summed E-state index contributed by atoms with van der Waals surface area (Å²) in [5, 5.41) is 39.2. The fraction of sp³-hybridized carbons (Fsp3) is 0.571. The van der Waals surface area contributed by atoms with E-state index in [2.05, 4.69) is 16.5 Å². The average molecular weight is 326 g/mol. The van der Waals surface area contributed by atoms with E-state index in [4.69, 9.17) is 10.5 Å². The third kappa shape index (κ3) is 3.43. The molecular formula is C14H22N4O5. The molecule has 0 amide bonds. The molecule has 1 fully saturated rings. The van der Waals surface area contributed by atoms with Crippen LogP contribution in [0.4, 0.5) is 11.6 Å². The van der Waals surface area contributed by atoms with Crippen LogP contribution in [0, 0.1) is 6.92 Å². The number of hydrogen-bond acceptors (Lipinski definition) is 9. The van der Waals surface area contributed by atoms with E-state index in [9.17, 15) is 20.4 Å². The Morgan fingerprint density at radius 3 is 2.70 bits per heavy atom. The van der Waals surface area contributed by atoms with Crippen LogP contribution in [0.2, 0.25) is 0 Å². The molecule has 23 heavy (non-hydrogen) atoms. The van der Waals surface area contributed by atoms with Crippen LogP contribution in [-0.4, -0.2) is 67.6 Å². The van der Waals surface area contributed by atoms with Gasteiger partial charge in [-0.3, -0.25) is 0 Å². The second-order valence-electron chi connectivity index (χ2n) is 5.39. The van der Waals surface area contributed by atoms with Gasteiger partial charge in [-0.25, -0.2) is 9.97 Å². The first-order valence-corrected chi connectivity index (χ1v) is 7.19. The Morgan fingerprint density at radius 2 is 2.09 bits per heavy atom. The molecule has 2 heterocycles. The van der Waals surface area contributed by atoms with Crippen molar-refractivity contribution in [2.75, 3.05) is 17.2 Å². The van der Waals surface area contributed by atoms with Crippen molar-refractivity contribution in [2.45, 2.75) is 44.0 Å². The molecule has 9 nitrogen and oxygen atoms in total. The molecule has 6 N–H and O–H groups in total. The van der Waals surface area contributed by atoms with E-state index >= 15 is 0 Å². The van der Waals surface area contributed by atoms with E-state index in [1.54, 1.807) is 6.92 Å². The number of rotatable bonds is 4. The average Bonchev–Trinajstić information content (AvgIpc) is 2.64. The lowest BCUT2D eigenvalue weighted by atomic mass is 10.0. The smallest absolute Gasteiger partial charge is 0.143 e. The van der Waals surface area contributed by atoms with E-state index in [-0.39, 0.29) is 12.2 Å². The van der Waals surface area contributed by atoms with Crippen LogP contribution in [0.1, 0.15) is 12.0 Å². The molecule has 0 aliphatic carbocycles. The minimum absolute atomic E-state index is 0.0237. The van der Waals surface area contributed by atoms with Crippen LogP contribution in [0.5, 0.6) is 0 Å². The van der Waals surface area contributed by atoms with Gasteiger partial charge in [-0.1, -0.05) is 6.58 Å². The summed E-state index contributed by atoms with van der Waals surface area (Å²) in [5.41, 5.74) is 6.37. The summed E-state index contributed by atoms with van der Waals surface area (Å²) in [4.78, 5) is 9.55. The van der Waals surface area contributed by atoms with Gasteiger partial charge < -0.3 is 35.8 Å². The maximum atomic E-state index is 10.0. The number of ether oxygens (including phenoxy) is 1. The van der Waals surface area contributed by atoms with Crippen molar-refractivity contribution in [1.82, 2.24) is 9.97 Å². The Morgan fingerprint density at radius 1 is 1.39 bits per heavy atom. The summed E-state index contributed by atoms with van der Waals surface area (Å²) in [7, 11) is 0. The van der Waals surface area contributed by atoms with E-state index in [0.717, 1.165) is 0 Å². The predicted octanol–water partition coefficient (Wildman–Crippen LogP) is -1.49. The van der Waals surface area contributed by atoms with Crippen molar-refractivity contribution in [3.05, 3.63) is 24.7 Å². The summed E-state index contributed by atoms with van der Waals surface area (Å²) in [6.07, 6.45) is -3.26. The second-order valence-corrected chi connectivity index (χ2v) is 5.39. The van der Waals surface area contributed by atoms with Crippen molar-refractivity contribution >= 4 is 11.6 Å². The van der Waals surface area contributed by atoms with Crippen molar-refractivity contribution in [1.29, 1.82) is 0 Å². The largest absolute Gasteiger partial charge is 0.394 e. The Kier molecular flexibility index (Phi) is 5.50. The quantitative estimate of drug-likeness (QED) is 0.446. The summed E-state index contributed by atoms with van der Waals surface area (Å²) in [6, 6.07) is 0. The molecule has 1 aromatic heterocycles. The van der Waals surface area contributed by atoms with E-state index in [0.29, 0.717) is 11.4 Å². The molecule has 5 atom stereocenters. The number of aliphatic hydroxyl groups excluding tert-OH is 4. The van der Waals surface area contributed by atoms with Gasteiger partial charge in [0.05, 0.1) is 12.7 Å². The zero-order valence-electron chi connectivity index (χ0n) is 12.8. The van der Waals surface area contributed by atoms with Crippen LogP contribution in [0.15, 0.2) is 19.1 Å². The Labute approximate surface area is 133 Å². The Hall–Kier alpha value is -1.78. The highest BCUT2D eigenvalue weighted by molar-refractivity contribution is 5.57. The number of aliphatic hydroxyl groups is 4. The van der Waals surface area contributed by atoms with Gasteiger partial charge in [0.1, 0.15) is 42.5 Å². The highest BCUT2D eigenvalue weighted by Crippen LogP contribution is 2.28. The molecule has 1 aliphatic heterocycles. The van der Waals surface area contributed by atoms with Gasteiger partial charge >= 0.3 is 0 Å². The lowest BCUT2D eigenvalue weighted by Gasteiger charge is -2.32. The standard InChI is InChI=1S/C14H22N4O5/c1-3-18(14-7(2)13(15)16-6-17-14)10-4-8(20)11(21)12(22)9(5-19)23-10/h3,6,8-12,19-22H,1,4-5H2,2H3,(H2,15,16,17)/t8-,9+,10-,11+,12-/m0/s1. The zero-order chi connectivity index (χ0) is 17.1. The molecule has 9 heteroatoms. The van der Waals surface area contributed by atoms with Crippen LogP contribution in [-0.2, 0) is 4.74 Å². The summed E-state index contributed by atoms with van der Waals surface area (Å²) in [6.45, 7) is 4.91. The lowest BCUT2D eigenvalue weighted by molar-refractivity contribution is -0.117. The molecule has 0 bridgehead atoms. The van der Waals surface area contributed by atoms with Crippen LogP contribution in [0.3, 0.4) is 0 Å². The third-order valence-electron chi connectivity index (χ3n) is 3.93. The number of anilines is 2. The monoisotopic (exact) mass is 326 g/mol. The van der Waals surface area contributed by atoms with Gasteiger partial charge in [0.25, 0.3) is 0 Å². The zero-order valence-corrected chi connectivity index (χ0v) is 12.8. The molecular weight excluding hydrogens is 304 g/mol. The van der Waals surface area contributed by atoms with Crippen molar-refractivity contribution in [3.8, 4) is 0 Å². The van der Waals surface area contributed by atoms with Crippen molar-refractivity contribution in [2.24, 2.45) is 0 Å². The fourth-order valence-corrected chi connectivity index (χ4v) is 2.52. The van der Waals surface area contributed by atoms with Crippen molar-refractivity contribution < 1.29 is 25.2 Å². The SMILES string of the molecule is C=CN(c1ncnc(N)c1C)[C@@H]1C[C@H](O)[C@@H](O)[C@@H](O)[C@@H](CO)O1. The maximum Gasteiger partial charge on any atom is 0.143 e. The molecule has 1 aliphatic rings. The van der Waals surface area contributed by atoms with Crippen LogP contribution >= 0.6 is 0 Å². The highest BCUT2D eigenvalue weighted by atomic mass is 16.5. The topological polar surface area (TPSA) is 145 Å². The minimum Gasteiger partial charge on any atom is -0.394 e. The Bertz CT molecular complexity index is 558. The highest BCUT2D eigenvalue weighted by Gasteiger charge is 2.40. The van der Waals surface area contributed by atoms with Gasteiger partial charge in [0.2, 0.25) is 0 Å². The van der Waals surface area contributed by atoms with Gasteiger partial charge in [-0.15, -0.1) is 0 Å². The number of aromatic nitrogens is 2. The first-order valence-electron chi connectivity index (χ1n) is 7.19. The summed E-state index contributed by atoms with van der Waals surface area (Å²) in [5.74, 6) is 0.710. The molecule has 2 rings (SSSR count). The van der Waals surface area contributed by atoms with Gasteiger partial charge in [-0.05, 0) is 6.92 Å². The van der Waals surface area contributed by atoms with Gasteiger partial charge in [0.15, 0.2) is 0 Å².